The molecule has 1 aromatic carbocycles. The molecule has 7 heteroatoms. The maximum absolute atomic E-state index is 13.4. The molecule has 0 bridgehead atoms. The summed E-state index contributed by atoms with van der Waals surface area (Å²) in [5, 5.41) is 11.8. The second-order valence-electron chi connectivity index (χ2n) is 7.41. The molecule has 1 aliphatic carbocycles. The minimum Gasteiger partial charge on any atom is -0.424 e. The van der Waals surface area contributed by atoms with E-state index < -0.39 is 11.3 Å². The summed E-state index contributed by atoms with van der Waals surface area (Å²) in [6.07, 6.45) is 1.98. The first kappa shape index (κ1) is 17.5. The summed E-state index contributed by atoms with van der Waals surface area (Å²) in [5.41, 5.74) is 0.494. The highest BCUT2D eigenvalue weighted by Crippen LogP contribution is 2.43. The number of piperidine rings is 1. The van der Waals surface area contributed by atoms with E-state index in [1.54, 1.807) is 12.1 Å². The Bertz CT molecular complexity index is 744. The van der Waals surface area contributed by atoms with Crippen molar-refractivity contribution in [3.63, 3.8) is 0 Å². The summed E-state index contributed by atoms with van der Waals surface area (Å²) < 4.78 is 46.2. The topological polar surface area (TPSA) is 51.0 Å². The molecule has 1 N–H and O–H groups in total. The van der Waals surface area contributed by atoms with Gasteiger partial charge in [0.2, 0.25) is 17.7 Å². The average molecular weight is 365 g/mol. The van der Waals surface area contributed by atoms with Crippen LogP contribution in [0.15, 0.2) is 28.7 Å². The van der Waals surface area contributed by atoms with Gasteiger partial charge >= 0.3 is 0 Å². The highest BCUT2D eigenvalue weighted by atomic mass is 19.3. The van der Waals surface area contributed by atoms with Crippen LogP contribution in [0.1, 0.15) is 61.8 Å². The Hall–Kier alpha value is -1.89. The lowest BCUT2D eigenvalue weighted by Gasteiger charge is -2.35. The number of benzene rings is 1. The SMILES string of the molecule is Fc1ccc(C2(c3nnc(C4CCC(F)(F)CC4)o3)CCNCC2)cc1. The first-order valence-corrected chi connectivity index (χ1v) is 9.17. The molecular formula is C19H22F3N3O. The highest BCUT2D eigenvalue weighted by molar-refractivity contribution is 5.33. The van der Waals surface area contributed by atoms with E-state index in [2.05, 4.69) is 15.5 Å². The van der Waals surface area contributed by atoms with Crippen molar-refractivity contribution in [2.45, 2.75) is 55.8 Å². The van der Waals surface area contributed by atoms with Gasteiger partial charge < -0.3 is 9.73 Å². The number of halogens is 3. The molecule has 0 spiro atoms. The molecule has 140 valence electrons. The zero-order valence-corrected chi connectivity index (χ0v) is 14.5. The van der Waals surface area contributed by atoms with Crippen LogP contribution in [-0.2, 0) is 5.41 Å². The lowest BCUT2D eigenvalue weighted by atomic mass is 9.73. The number of aromatic nitrogens is 2. The zero-order valence-electron chi connectivity index (χ0n) is 14.5. The summed E-state index contributed by atoms with van der Waals surface area (Å²) >= 11 is 0. The van der Waals surface area contributed by atoms with Gasteiger partial charge in [-0.3, -0.25) is 0 Å². The third-order valence-electron chi connectivity index (χ3n) is 5.77. The molecule has 26 heavy (non-hydrogen) atoms. The monoisotopic (exact) mass is 365 g/mol. The van der Waals surface area contributed by atoms with Crippen molar-refractivity contribution in [1.82, 2.24) is 15.5 Å². The van der Waals surface area contributed by atoms with Crippen LogP contribution in [0.5, 0.6) is 0 Å². The first-order valence-electron chi connectivity index (χ1n) is 9.17. The van der Waals surface area contributed by atoms with Gasteiger partial charge in [0.25, 0.3) is 0 Å². The van der Waals surface area contributed by atoms with Gasteiger partial charge in [0.05, 0.1) is 5.41 Å². The predicted octanol–water partition coefficient (Wildman–Crippen LogP) is 4.17. The van der Waals surface area contributed by atoms with E-state index in [-0.39, 0.29) is 24.6 Å². The van der Waals surface area contributed by atoms with Gasteiger partial charge in [-0.05, 0) is 56.5 Å². The predicted molar refractivity (Wildman–Crippen MR) is 89.7 cm³/mol. The van der Waals surface area contributed by atoms with E-state index in [0.29, 0.717) is 24.6 Å². The molecule has 4 nitrogen and oxygen atoms in total. The third kappa shape index (κ3) is 3.24. The van der Waals surface area contributed by atoms with E-state index in [9.17, 15) is 13.2 Å². The van der Waals surface area contributed by atoms with Crippen molar-refractivity contribution in [3.8, 4) is 0 Å². The van der Waals surface area contributed by atoms with Crippen LogP contribution < -0.4 is 5.32 Å². The number of nitrogens with one attached hydrogen (secondary N) is 1. The Balaban J connectivity index is 1.63. The van der Waals surface area contributed by atoms with Gasteiger partial charge in [-0.2, -0.15) is 0 Å². The van der Waals surface area contributed by atoms with Crippen LogP contribution in [0.2, 0.25) is 0 Å². The van der Waals surface area contributed by atoms with Crippen LogP contribution in [0.4, 0.5) is 13.2 Å². The molecule has 0 unspecified atom stereocenters. The van der Waals surface area contributed by atoms with E-state index in [4.69, 9.17) is 4.42 Å². The van der Waals surface area contributed by atoms with Crippen LogP contribution >= 0.6 is 0 Å². The Morgan fingerprint density at radius 3 is 2.27 bits per heavy atom. The quantitative estimate of drug-likeness (QED) is 0.887. The Labute approximate surface area is 150 Å². The first-order chi connectivity index (χ1) is 12.5. The fourth-order valence-corrected chi connectivity index (χ4v) is 4.13. The van der Waals surface area contributed by atoms with Crippen molar-refractivity contribution in [3.05, 3.63) is 47.4 Å². The molecule has 4 rings (SSSR count). The smallest absolute Gasteiger partial charge is 0.248 e. The molecule has 0 amide bonds. The van der Waals surface area contributed by atoms with E-state index in [1.165, 1.54) is 12.1 Å². The second-order valence-corrected chi connectivity index (χ2v) is 7.41. The molecule has 0 atom stereocenters. The summed E-state index contributed by atoms with van der Waals surface area (Å²) in [5.74, 6) is -2.01. The number of rotatable bonds is 3. The Morgan fingerprint density at radius 1 is 0.962 bits per heavy atom. The molecule has 1 aliphatic heterocycles. The van der Waals surface area contributed by atoms with Gasteiger partial charge in [-0.15, -0.1) is 10.2 Å². The van der Waals surface area contributed by atoms with Crippen molar-refractivity contribution in [1.29, 1.82) is 0 Å². The Kier molecular flexibility index (Phi) is 4.50. The summed E-state index contributed by atoms with van der Waals surface area (Å²) in [7, 11) is 0. The lowest BCUT2D eigenvalue weighted by molar-refractivity contribution is -0.0400. The molecule has 2 aromatic rings. The third-order valence-corrected chi connectivity index (χ3v) is 5.77. The van der Waals surface area contributed by atoms with Crippen LogP contribution in [0, 0.1) is 5.82 Å². The van der Waals surface area contributed by atoms with Crippen LogP contribution in [0.25, 0.3) is 0 Å². The maximum atomic E-state index is 13.4. The summed E-state index contributed by atoms with van der Waals surface area (Å²) in [4.78, 5) is 0. The molecule has 1 aromatic heterocycles. The molecule has 0 radical (unpaired) electrons. The van der Waals surface area contributed by atoms with E-state index in [0.717, 1.165) is 31.5 Å². The maximum Gasteiger partial charge on any atom is 0.248 e. The molecule has 1 saturated carbocycles. The van der Waals surface area contributed by atoms with Crippen molar-refractivity contribution >= 4 is 0 Å². The van der Waals surface area contributed by atoms with Crippen LogP contribution in [-0.4, -0.2) is 29.2 Å². The van der Waals surface area contributed by atoms with Gasteiger partial charge in [0.15, 0.2) is 0 Å². The normalized spacial score (nSPS) is 23.0. The number of alkyl halides is 2. The number of nitrogens with zero attached hydrogens (tertiary/aromatic N) is 2. The fourth-order valence-electron chi connectivity index (χ4n) is 4.13. The second kappa shape index (κ2) is 6.68. The molecule has 1 saturated heterocycles. The van der Waals surface area contributed by atoms with E-state index >= 15 is 0 Å². The lowest BCUT2D eigenvalue weighted by Crippen LogP contribution is -2.41. The van der Waals surface area contributed by atoms with Crippen LogP contribution in [0.3, 0.4) is 0 Å². The Morgan fingerprint density at radius 2 is 1.62 bits per heavy atom. The van der Waals surface area contributed by atoms with Gasteiger partial charge in [0, 0.05) is 18.8 Å². The van der Waals surface area contributed by atoms with Gasteiger partial charge in [-0.1, -0.05) is 12.1 Å². The minimum atomic E-state index is -2.58. The van der Waals surface area contributed by atoms with Crippen molar-refractivity contribution < 1.29 is 17.6 Å². The minimum absolute atomic E-state index is 0.108. The standard InChI is InChI=1S/C19H22F3N3O/c20-15-3-1-14(2-4-15)18(9-11-23-12-10-18)17-25-24-16(26-17)13-5-7-19(21,22)8-6-13/h1-4,13,23H,5-12H2. The summed E-state index contributed by atoms with van der Waals surface area (Å²) in [6, 6.07) is 6.43. The summed E-state index contributed by atoms with van der Waals surface area (Å²) in [6.45, 7) is 1.59. The van der Waals surface area contributed by atoms with Gasteiger partial charge in [-0.25, -0.2) is 13.2 Å². The van der Waals surface area contributed by atoms with Gasteiger partial charge in [0.1, 0.15) is 5.82 Å². The molecule has 2 fully saturated rings. The molecular weight excluding hydrogens is 343 g/mol. The number of hydrogen-bond acceptors (Lipinski definition) is 4. The van der Waals surface area contributed by atoms with Crippen molar-refractivity contribution in [2.75, 3.05) is 13.1 Å². The van der Waals surface area contributed by atoms with Crippen molar-refractivity contribution in [2.24, 2.45) is 0 Å². The fraction of sp³-hybridized carbons (Fsp3) is 0.579. The molecule has 2 aliphatic rings. The average Bonchev–Trinajstić information content (AvgIpc) is 3.13. The largest absolute Gasteiger partial charge is 0.424 e. The zero-order chi connectivity index (χ0) is 18.2. The highest BCUT2D eigenvalue weighted by Gasteiger charge is 2.42. The molecule has 2 heterocycles. The number of hydrogen-bond donors (Lipinski definition) is 1. The van der Waals surface area contributed by atoms with E-state index in [1.807, 2.05) is 0 Å².